The summed E-state index contributed by atoms with van der Waals surface area (Å²) in [6.45, 7) is 14.5. The first-order chi connectivity index (χ1) is 25.3. The van der Waals surface area contributed by atoms with E-state index in [2.05, 4.69) is 25.1 Å². The number of fused-ring (bicyclic) bond motifs is 1. The zero-order valence-corrected chi connectivity index (χ0v) is 31.0. The highest BCUT2D eigenvalue weighted by atomic mass is 16.5. The van der Waals surface area contributed by atoms with Gasteiger partial charge in [-0.05, 0) is 50.5 Å². The van der Waals surface area contributed by atoms with Crippen molar-refractivity contribution in [1.82, 2.24) is 29.3 Å². The maximum atomic E-state index is 13.9. The summed E-state index contributed by atoms with van der Waals surface area (Å²) in [6.07, 6.45) is 4.07. The van der Waals surface area contributed by atoms with Gasteiger partial charge in [0.2, 0.25) is 5.91 Å². The first-order valence-electron chi connectivity index (χ1n) is 18.2. The Morgan fingerprint density at radius 1 is 0.769 bits per heavy atom. The lowest BCUT2D eigenvalue weighted by Crippen LogP contribution is -2.46. The molecule has 13 heteroatoms. The van der Waals surface area contributed by atoms with Crippen LogP contribution < -0.4 is 10.9 Å². The number of carbonyl (C=O) groups excluding carboxylic acids is 1. The zero-order valence-electron chi connectivity index (χ0n) is 31.0. The number of aromatic nitrogens is 4. The third-order valence-corrected chi connectivity index (χ3v) is 9.21. The Bertz CT molecular complexity index is 1760. The van der Waals surface area contributed by atoms with Gasteiger partial charge in [-0.2, -0.15) is 0 Å². The van der Waals surface area contributed by atoms with Crippen molar-refractivity contribution < 1.29 is 23.7 Å². The molecule has 0 radical (unpaired) electrons. The van der Waals surface area contributed by atoms with Gasteiger partial charge in [0.25, 0.3) is 5.56 Å². The van der Waals surface area contributed by atoms with Crippen molar-refractivity contribution in [2.24, 2.45) is 0 Å². The first-order valence-corrected chi connectivity index (χ1v) is 18.2. The average molecular weight is 716 g/mol. The van der Waals surface area contributed by atoms with Crippen LogP contribution in [-0.4, -0.2) is 120 Å². The molecule has 0 saturated carbocycles. The second kappa shape index (κ2) is 20.2. The van der Waals surface area contributed by atoms with E-state index in [9.17, 15) is 9.59 Å². The number of amides is 1. The van der Waals surface area contributed by atoms with Crippen molar-refractivity contribution in [2.75, 3.05) is 84.4 Å². The third-order valence-electron chi connectivity index (χ3n) is 9.21. The molecule has 1 atom stereocenters. The van der Waals surface area contributed by atoms with Gasteiger partial charge >= 0.3 is 0 Å². The maximum absolute atomic E-state index is 13.9. The van der Waals surface area contributed by atoms with Crippen molar-refractivity contribution in [3.63, 3.8) is 0 Å². The Kier molecular flexibility index (Phi) is 15.2. The monoisotopic (exact) mass is 715 g/mol. The van der Waals surface area contributed by atoms with Gasteiger partial charge < -0.3 is 24.3 Å². The van der Waals surface area contributed by atoms with E-state index in [1.165, 1.54) is 0 Å². The van der Waals surface area contributed by atoms with Crippen LogP contribution >= 0.6 is 0 Å². The fourth-order valence-electron chi connectivity index (χ4n) is 6.21. The second-order valence-electron chi connectivity index (χ2n) is 13.0. The maximum Gasteiger partial charge on any atom is 0.261 e. The highest BCUT2D eigenvalue weighted by Crippen LogP contribution is 2.17. The van der Waals surface area contributed by atoms with Crippen molar-refractivity contribution in [2.45, 2.75) is 53.2 Å². The molecule has 280 valence electrons. The van der Waals surface area contributed by atoms with Crippen molar-refractivity contribution in [1.29, 1.82) is 0 Å². The van der Waals surface area contributed by atoms with E-state index in [-0.39, 0.29) is 24.1 Å². The van der Waals surface area contributed by atoms with E-state index in [0.29, 0.717) is 114 Å². The summed E-state index contributed by atoms with van der Waals surface area (Å²) in [4.78, 5) is 45.5. The van der Waals surface area contributed by atoms with E-state index in [1.807, 2.05) is 70.2 Å². The highest BCUT2D eigenvalue weighted by molar-refractivity contribution is 5.95. The Labute approximate surface area is 306 Å². The van der Waals surface area contributed by atoms with Crippen molar-refractivity contribution in [3.8, 4) is 0 Å². The predicted molar refractivity (Wildman–Crippen MR) is 201 cm³/mol. The Balaban J connectivity index is 1.22. The number of hydrogen-bond donors (Lipinski definition) is 1. The number of anilines is 1. The fourth-order valence-corrected chi connectivity index (χ4v) is 6.21. The van der Waals surface area contributed by atoms with Gasteiger partial charge in [-0.1, -0.05) is 37.3 Å². The molecule has 52 heavy (non-hydrogen) atoms. The Hall–Kier alpha value is -4.11. The van der Waals surface area contributed by atoms with Crippen LogP contribution in [0.1, 0.15) is 41.7 Å². The molecule has 1 aliphatic rings. The molecule has 0 aliphatic carbocycles. The van der Waals surface area contributed by atoms with E-state index in [1.54, 1.807) is 17.0 Å². The first kappa shape index (κ1) is 39.1. The van der Waals surface area contributed by atoms with Gasteiger partial charge in [0, 0.05) is 38.1 Å². The number of nitrogens with zero attached hydrogens (tertiary/aromatic N) is 6. The smallest absolute Gasteiger partial charge is 0.261 e. The molecule has 2 aromatic heterocycles. The quantitative estimate of drug-likeness (QED) is 0.286. The van der Waals surface area contributed by atoms with Crippen LogP contribution in [0.25, 0.3) is 10.9 Å². The number of hydrogen-bond acceptors (Lipinski definition) is 11. The van der Waals surface area contributed by atoms with Gasteiger partial charge in [0.1, 0.15) is 5.82 Å². The predicted octanol–water partition coefficient (Wildman–Crippen LogP) is 3.76. The zero-order chi connectivity index (χ0) is 36.7. The van der Waals surface area contributed by atoms with Crippen LogP contribution in [0.4, 0.5) is 5.69 Å². The molecule has 3 heterocycles. The molecule has 0 spiro atoms. The second-order valence-corrected chi connectivity index (χ2v) is 13.0. The minimum Gasteiger partial charge on any atom is -0.378 e. The Morgan fingerprint density at radius 3 is 2.02 bits per heavy atom. The summed E-state index contributed by atoms with van der Waals surface area (Å²) in [5, 5.41) is 3.68. The van der Waals surface area contributed by atoms with E-state index in [4.69, 9.17) is 23.9 Å². The van der Waals surface area contributed by atoms with Crippen LogP contribution in [0.5, 0.6) is 0 Å². The van der Waals surface area contributed by atoms with Crippen LogP contribution in [0.2, 0.25) is 0 Å². The molecule has 1 amide bonds. The summed E-state index contributed by atoms with van der Waals surface area (Å²) >= 11 is 0. The summed E-state index contributed by atoms with van der Waals surface area (Å²) in [5.74, 6) is 0.607. The van der Waals surface area contributed by atoms with Crippen molar-refractivity contribution >= 4 is 22.5 Å². The summed E-state index contributed by atoms with van der Waals surface area (Å²) in [7, 11) is 0. The minimum atomic E-state index is -0.321. The number of rotatable bonds is 8. The molecule has 1 aliphatic heterocycles. The number of benzene rings is 2. The van der Waals surface area contributed by atoms with E-state index in [0.717, 1.165) is 22.5 Å². The topological polar surface area (TPSA) is 133 Å². The van der Waals surface area contributed by atoms with E-state index < -0.39 is 0 Å². The van der Waals surface area contributed by atoms with Gasteiger partial charge in [0.15, 0.2) is 0 Å². The van der Waals surface area contributed by atoms with Gasteiger partial charge in [0.05, 0.1) is 100 Å². The lowest BCUT2D eigenvalue weighted by Gasteiger charge is -2.30. The Morgan fingerprint density at radius 2 is 1.40 bits per heavy atom. The standard InChI is InChI=1S/C39H53N7O6/c1-5-35(38(47)42-34-12-7-6-9-29(34)2)45-15-19-51-23-21-49-17-13-44(14-18-50-22-24-52-20-16-45)28-36-43-37-30(3)10-8-11-33(37)39(48)46(36)27-32-26-40-31(4)25-41-32/h6-12,25-26,35H,5,13-24,27-28H2,1-4H3,(H,42,47). The molecule has 5 rings (SSSR count). The highest BCUT2D eigenvalue weighted by Gasteiger charge is 2.25. The normalized spacial score (nSPS) is 17.3. The van der Waals surface area contributed by atoms with Crippen LogP contribution in [0.3, 0.4) is 0 Å². The summed E-state index contributed by atoms with van der Waals surface area (Å²) in [5.41, 5.74) is 4.89. The van der Waals surface area contributed by atoms with Gasteiger partial charge in [-0.15, -0.1) is 0 Å². The number of para-hydroxylation sites is 2. The molecule has 1 fully saturated rings. The average Bonchev–Trinajstić information content (AvgIpc) is 3.13. The van der Waals surface area contributed by atoms with Crippen LogP contribution in [0, 0.1) is 20.8 Å². The third kappa shape index (κ3) is 11.2. The lowest BCUT2D eigenvalue weighted by molar-refractivity contribution is -0.122. The van der Waals surface area contributed by atoms with Crippen LogP contribution in [0.15, 0.2) is 59.7 Å². The van der Waals surface area contributed by atoms with Crippen molar-refractivity contribution in [3.05, 3.63) is 93.6 Å². The SMILES string of the molecule is CCC(C(=O)Nc1ccccc1C)N1CCOCCOCCN(Cc2nc3c(C)cccc3c(=O)n2Cc2cnc(C)cn2)CCOCCOCC1. The molecular formula is C39H53N7O6. The number of ether oxygens (including phenoxy) is 4. The molecule has 0 bridgehead atoms. The molecule has 1 unspecified atom stereocenters. The molecule has 13 nitrogen and oxygen atoms in total. The fraction of sp³-hybridized carbons (Fsp3) is 0.513. The van der Waals surface area contributed by atoms with Gasteiger partial charge in [-0.25, -0.2) is 4.98 Å². The van der Waals surface area contributed by atoms with E-state index >= 15 is 0 Å². The minimum absolute atomic E-state index is 0.0370. The lowest BCUT2D eigenvalue weighted by atomic mass is 10.1. The number of carbonyl (C=O) groups is 1. The van der Waals surface area contributed by atoms with Crippen LogP contribution in [-0.2, 0) is 36.8 Å². The molecule has 1 N–H and O–H groups in total. The molecule has 1 saturated heterocycles. The largest absolute Gasteiger partial charge is 0.378 e. The summed E-state index contributed by atoms with van der Waals surface area (Å²) in [6, 6.07) is 13.2. The summed E-state index contributed by atoms with van der Waals surface area (Å²) < 4.78 is 25.6. The number of aryl methyl sites for hydroxylation is 3. The number of nitrogens with one attached hydrogen (secondary N) is 1. The molecular weight excluding hydrogens is 662 g/mol. The molecule has 4 aromatic rings. The van der Waals surface area contributed by atoms with Gasteiger partial charge in [-0.3, -0.25) is 33.9 Å². The molecule has 2 aromatic carbocycles.